The third kappa shape index (κ3) is 4.26. The standard InChI is InChI=1S/C12H20N4O2S2/c1-18-5-4-14-12-16-10(13)9(20-12)11(17)15-7-8-3-2-6-19-8/h8H,2-7,13H2,1H3,(H,14,16)(H,15,17). The summed E-state index contributed by atoms with van der Waals surface area (Å²) in [6.07, 6.45) is 2.41. The number of thioether (sulfide) groups is 1. The number of rotatable bonds is 7. The van der Waals surface area contributed by atoms with Gasteiger partial charge in [0.2, 0.25) is 0 Å². The van der Waals surface area contributed by atoms with Crippen molar-refractivity contribution >= 4 is 40.0 Å². The normalized spacial score (nSPS) is 18.1. The molecule has 1 aliphatic rings. The molecule has 1 aliphatic heterocycles. The van der Waals surface area contributed by atoms with E-state index in [-0.39, 0.29) is 11.7 Å². The Balaban J connectivity index is 1.85. The highest BCUT2D eigenvalue weighted by Crippen LogP contribution is 2.27. The summed E-state index contributed by atoms with van der Waals surface area (Å²) >= 11 is 3.20. The van der Waals surface area contributed by atoms with E-state index < -0.39 is 0 Å². The smallest absolute Gasteiger partial charge is 0.265 e. The van der Waals surface area contributed by atoms with E-state index in [1.54, 1.807) is 7.11 Å². The average Bonchev–Trinajstić information content (AvgIpc) is 3.06. The van der Waals surface area contributed by atoms with Gasteiger partial charge in [0, 0.05) is 25.4 Å². The van der Waals surface area contributed by atoms with E-state index in [1.165, 1.54) is 29.9 Å². The van der Waals surface area contributed by atoms with E-state index in [1.807, 2.05) is 11.8 Å². The molecule has 1 atom stereocenters. The molecule has 0 radical (unpaired) electrons. The van der Waals surface area contributed by atoms with Gasteiger partial charge in [-0.2, -0.15) is 11.8 Å². The Labute approximate surface area is 126 Å². The number of nitrogens with two attached hydrogens (primary N) is 1. The highest BCUT2D eigenvalue weighted by molar-refractivity contribution is 8.00. The molecule has 2 rings (SSSR count). The van der Waals surface area contributed by atoms with Crippen molar-refractivity contribution in [3.05, 3.63) is 4.88 Å². The summed E-state index contributed by atoms with van der Waals surface area (Å²) in [5.74, 6) is 1.34. The van der Waals surface area contributed by atoms with Crippen LogP contribution in [0.1, 0.15) is 22.5 Å². The molecular formula is C12H20N4O2S2. The number of nitrogen functional groups attached to an aromatic ring is 1. The average molecular weight is 316 g/mol. The summed E-state index contributed by atoms with van der Waals surface area (Å²) in [6.45, 7) is 1.93. The van der Waals surface area contributed by atoms with Gasteiger partial charge in [-0.1, -0.05) is 11.3 Å². The number of hydrogen-bond acceptors (Lipinski definition) is 7. The number of nitrogens with one attached hydrogen (secondary N) is 2. The largest absolute Gasteiger partial charge is 0.383 e. The number of carbonyl (C=O) groups is 1. The van der Waals surface area contributed by atoms with Gasteiger partial charge in [-0.15, -0.1) is 0 Å². The first kappa shape index (κ1) is 15.4. The van der Waals surface area contributed by atoms with Gasteiger partial charge < -0.3 is 21.1 Å². The minimum Gasteiger partial charge on any atom is -0.383 e. The van der Waals surface area contributed by atoms with Gasteiger partial charge in [0.1, 0.15) is 10.7 Å². The lowest BCUT2D eigenvalue weighted by molar-refractivity contribution is 0.0958. The quantitative estimate of drug-likeness (QED) is 0.659. The first-order valence-corrected chi connectivity index (χ1v) is 8.46. The van der Waals surface area contributed by atoms with Gasteiger partial charge in [0.15, 0.2) is 5.13 Å². The fourth-order valence-electron chi connectivity index (χ4n) is 1.92. The third-order valence-electron chi connectivity index (χ3n) is 2.96. The number of ether oxygens (including phenoxy) is 1. The van der Waals surface area contributed by atoms with Gasteiger partial charge in [0.25, 0.3) is 5.91 Å². The molecule has 0 saturated carbocycles. The molecular weight excluding hydrogens is 296 g/mol. The predicted molar refractivity (Wildman–Crippen MR) is 84.7 cm³/mol. The molecule has 0 aromatic carbocycles. The van der Waals surface area contributed by atoms with Crippen molar-refractivity contribution in [3.8, 4) is 0 Å². The van der Waals surface area contributed by atoms with Crippen LogP contribution >= 0.6 is 23.1 Å². The molecule has 1 amide bonds. The minimum absolute atomic E-state index is 0.132. The first-order valence-electron chi connectivity index (χ1n) is 6.59. The lowest BCUT2D eigenvalue weighted by atomic mass is 10.2. The number of carbonyl (C=O) groups excluding carboxylic acids is 1. The SMILES string of the molecule is COCCNc1nc(N)c(C(=O)NCC2CCCS2)s1. The van der Waals surface area contributed by atoms with Crippen molar-refractivity contribution in [1.82, 2.24) is 10.3 Å². The van der Waals surface area contributed by atoms with Crippen LogP contribution in [-0.2, 0) is 4.74 Å². The van der Waals surface area contributed by atoms with E-state index in [0.29, 0.717) is 35.0 Å². The second-order valence-electron chi connectivity index (χ2n) is 4.50. The Kier molecular flexibility index (Phi) is 5.93. The fourth-order valence-corrected chi connectivity index (χ4v) is 3.95. The summed E-state index contributed by atoms with van der Waals surface area (Å²) in [5.41, 5.74) is 5.79. The maximum Gasteiger partial charge on any atom is 0.265 e. The Hall–Kier alpha value is -0.990. The second kappa shape index (κ2) is 7.70. The minimum atomic E-state index is -0.132. The third-order valence-corrected chi connectivity index (χ3v) is 5.38. The topological polar surface area (TPSA) is 89.3 Å². The molecule has 0 aliphatic carbocycles. The van der Waals surface area contributed by atoms with Crippen LogP contribution in [0.25, 0.3) is 0 Å². The van der Waals surface area contributed by atoms with Gasteiger partial charge in [-0.3, -0.25) is 4.79 Å². The Morgan fingerprint density at radius 1 is 1.60 bits per heavy atom. The van der Waals surface area contributed by atoms with Crippen LogP contribution in [-0.4, -0.2) is 48.7 Å². The summed E-state index contributed by atoms with van der Waals surface area (Å²) in [6, 6.07) is 0. The molecule has 20 heavy (non-hydrogen) atoms. The Morgan fingerprint density at radius 3 is 3.15 bits per heavy atom. The van der Waals surface area contributed by atoms with Crippen LogP contribution in [0.15, 0.2) is 0 Å². The molecule has 1 aromatic rings. The van der Waals surface area contributed by atoms with Crippen molar-refractivity contribution in [2.75, 3.05) is 43.6 Å². The molecule has 112 valence electrons. The summed E-state index contributed by atoms with van der Waals surface area (Å²) in [4.78, 5) is 16.7. The molecule has 6 nitrogen and oxygen atoms in total. The van der Waals surface area contributed by atoms with Crippen LogP contribution < -0.4 is 16.4 Å². The number of amides is 1. The molecule has 1 fully saturated rings. The summed E-state index contributed by atoms with van der Waals surface area (Å²) in [5, 5.41) is 7.21. The zero-order valence-corrected chi connectivity index (χ0v) is 13.1. The van der Waals surface area contributed by atoms with Gasteiger partial charge in [-0.25, -0.2) is 4.98 Å². The zero-order chi connectivity index (χ0) is 14.4. The van der Waals surface area contributed by atoms with Crippen LogP contribution in [0.2, 0.25) is 0 Å². The maximum atomic E-state index is 12.1. The molecule has 1 aromatic heterocycles. The second-order valence-corrected chi connectivity index (χ2v) is 6.91. The van der Waals surface area contributed by atoms with E-state index >= 15 is 0 Å². The molecule has 0 spiro atoms. The lowest BCUT2D eigenvalue weighted by Crippen LogP contribution is -2.29. The predicted octanol–water partition coefficient (Wildman–Crippen LogP) is 1.41. The molecule has 1 unspecified atom stereocenters. The zero-order valence-electron chi connectivity index (χ0n) is 11.5. The first-order chi connectivity index (χ1) is 9.70. The van der Waals surface area contributed by atoms with E-state index in [0.717, 1.165) is 0 Å². The van der Waals surface area contributed by atoms with Gasteiger partial charge in [0.05, 0.1) is 6.61 Å². The van der Waals surface area contributed by atoms with Gasteiger partial charge >= 0.3 is 0 Å². The van der Waals surface area contributed by atoms with Crippen molar-refractivity contribution in [2.45, 2.75) is 18.1 Å². The number of thiazole rings is 1. The van der Waals surface area contributed by atoms with Crippen molar-refractivity contribution in [3.63, 3.8) is 0 Å². The van der Waals surface area contributed by atoms with Crippen molar-refractivity contribution in [2.24, 2.45) is 0 Å². The number of hydrogen-bond donors (Lipinski definition) is 3. The summed E-state index contributed by atoms with van der Waals surface area (Å²) in [7, 11) is 1.64. The number of anilines is 2. The molecule has 1 saturated heterocycles. The van der Waals surface area contributed by atoms with E-state index in [4.69, 9.17) is 10.5 Å². The van der Waals surface area contributed by atoms with E-state index in [2.05, 4.69) is 15.6 Å². The maximum absolute atomic E-state index is 12.1. The number of nitrogens with zero attached hydrogens (tertiary/aromatic N) is 1. The fraction of sp³-hybridized carbons (Fsp3) is 0.667. The lowest BCUT2D eigenvalue weighted by Gasteiger charge is -2.09. The van der Waals surface area contributed by atoms with E-state index in [9.17, 15) is 4.79 Å². The highest BCUT2D eigenvalue weighted by atomic mass is 32.2. The Bertz CT molecular complexity index is 447. The molecule has 0 bridgehead atoms. The van der Waals surface area contributed by atoms with Gasteiger partial charge in [-0.05, 0) is 18.6 Å². The molecule has 2 heterocycles. The highest BCUT2D eigenvalue weighted by Gasteiger charge is 2.19. The van der Waals surface area contributed by atoms with Crippen LogP contribution in [0.5, 0.6) is 0 Å². The van der Waals surface area contributed by atoms with Crippen LogP contribution in [0.4, 0.5) is 10.9 Å². The Morgan fingerprint density at radius 2 is 2.45 bits per heavy atom. The molecule has 4 N–H and O–H groups in total. The van der Waals surface area contributed by atoms with Crippen molar-refractivity contribution < 1.29 is 9.53 Å². The number of aromatic nitrogens is 1. The summed E-state index contributed by atoms with van der Waals surface area (Å²) < 4.78 is 4.95. The molecule has 8 heteroatoms. The van der Waals surface area contributed by atoms with Crippen molar-refractivity contribution in [1.29, 1.82) is 0 Å². The number of methoxy groups -OCH3 is 1. The van der Waals surface area contributed by atoms with Crippen LogP contribution in [0.3, 0.4) is 0 Å². The monoisotopic (exact) mass is 316 g/mol. The van der Waals surface area contributed by atoms with Crippen LogP contribution in [0, 0.1) is 0 Å².